The second-order valence-electron chi connectivity index (χ2n) is 4.81. The molecule has 0 bridgehead atoms. The molecule has 0 aliphatic heterocycles. The lowest BCUT2D eigenvalue weighted by Crippen LogP contribution is -1.90. The zero-order chi connectivity index (χ0) is 15.5. The summed E-state index contributed by atoms with van der Waals surface area (Å²) < 4.78 is 6.91. The van der Waals surface area contributed by atoms with Gasteiger partial charge in [-0.05, 0) is 11.6 Å². The van der Waals surface area contributed by atoms with Gasteiger partial charge in [-0.3, -0.25) is 0 Å². The molecule has 0 saturated carbocycles. The van der Waals surface area contributed by atoms with Crippen molar-refractivity contribution in [2.75, 3.05) is 0 Å². The summed E-state index contributed by atoms with van der Waals surface area (Å²) in [6, 6.07) is 11.9. The molecule has 0 amide bonds. The Morgan fingerprint density at radius 2 is 2.00 bits per heavy atom. The first-order valence-electron chi connectivity index (χ1n) is 7.02. The van der Waals surface area contributed by atoms with Gasteiger partial charge in [0.05, 0.1) is 5.75 Å². The highest BCUT2D eigenvalue weighted by molar-refractivity contribution is 7.98. The van der Waals surface area contributed by atoms with Crippen LogP contribution in [0.1, 0.15) is 17.3 Å². The predicted molar refractivity (Wildman–Crippen MR) is 83.9 cm³/mol. The van der Waals surface area contributed by atoms with Crippen molar-refractivity contribution in [3.05, 3.63) is 66.1 Å². The van der Waals surface area contributed by atoms with Crippen LogP contribution < -0.4 is 0 Å². The molecule has 3 aromatic heterocycles. The number of fused-ring (bicyclic) bond motifs is 1. The SMILES string of the molecule is c1ccc(Cc2noc(CSc3nc4ncccn4n3)n2)cc1. The summed E-state index contributed by atoms with van der Waals surface area (Å²) in [6.45, 7) is 0. The molecule has 4 aromatic rings. The largest absolute Gasteiger partial charge is 0.338 e. The third-order valence-electron chi connectivity index (χ3n) is 3.14. The summed E-state index contributed by atoms with van der Waals surface area (Å²) in [5, 5.41) is 8.96. The van der Waals surface area contributed by atoms with Crippen molar-refractivity contribution in [1.82, 2.24) is 29.7 Å². The maximum atomic E-state index is 5.27. The maximum Gasteiger partial charge on any atom is 0.253 e. The van der Waals surface area contributed by atoms with Crippen LogP contribution >= 0.6 is 11.8 Å². The van der Waals surface area contributed by atoms with Crippen LogP contribution in [0, 0.1) is 0 Å². The maximum absolute atomic E-state index is 5.27. The van der Waals surface area contributed by atoms with Crippen LogP contribution in [0.15, 0.2) is 58.5 Å². The van der Waals surface area contributed by atoms with E-state index in [0.29, 0.717) is 34.8 Å². The molecule has 3 heterocycles. The number of benzene rings is 1. The molecule has 0 aliphatic carbocycles. The molecule has 114 valence electrons. The molecule has 0 radical (unpaired) electrons. The summed E-state index contributed by atoms with van der Waals surface area (Å²) >= 11 is 1.44. The molecular formula is C15H12N6OS. The third kappa shape index (κ3) is 3.21. The van der Waals surface area contributed by atoms with Crippen molar-refractivity contribution < 1.29 is 4.52 Å². The summed E-state index contributed by atoms with van der Waals surface area (Å²) in [5.74, 6) is 2.34. The zero-order valence-corrected chi connectivity index (χ0v) is 12.8. The monoisotopic (exact) mass is 324 g/mol. The van der Waals surface area contributed by atoms with Crippen molar-refractivity contribution in [3.63, 3.8) is 0 Å². The predicted octanol–water partition coefficient (Wildman–Crippen LogP) is 2.39. The summed E-state index contributed by atoms with van der Waals surface area (Å²) in [5.41, 5.74) is 1.15. The van der Waals surface area contributed by atoms with Crippen LogP contribution in [0.25, 0.3) is 5.78 Å². The fourth-order valence-electron chi connectivity index (χ4n) is 2.10. The van der Waals surface area contributed by atoms with Gasteiger partial charge in [0.2, 0.25) is 11.0 Å². The van der Waals surface area contributed by atoms with Crippen molar-refractivity contribution in [1.29, 1.82) is 0 Å². The van der Waals surface area contributed by atoms with E-state index in [-0.39, 0.29) is 0 Å². The average Bonchev–Trinajstić information content (AvgIpc) is 3.20. The van der Waals surface area contributed by atoms with E-state index in [0.717, 1.165) is 5.56 Å². The van der Waals surface area contributed by atoms with Gasteiger partial charge in [0.25, 0.3) is 5.78 Å². The number of thioether (sulfide) groups is 1. The summed E-state index contributed by atoms with van der Waals surface area (Å²) in [6.07, 6.45) is 4.15. The first-order valence-corrected chi connectivity index (χ1v) is 8.01. The highest BCUT2D eigenvalue weighted by atomic mass is 32.2. The Morgan fingerprint density at radius 3 is 2.87 bits per heavy atom. The molecule has 4 rings (SSSR count). The molecule has 0 saturated heterocycles. The van der Waals surface area contributed by atoms with Crippen molar-refractivity contribution >= 4 is 17.5 Å². The van der Waals surface area contributed by atoms with Crippen molar-refractivity contribution in [2.45, 2.75) is 17.3 Å². The molecule has 7 nitrogen and oxygen atoms in total. The van der Waals surface area contributed by atoms with Gasteiger partial charge >= 0.3 is 0 Å². The van der Waals surface area contributed by atoms with E-state index >= 15 is 0 Å². The Morgan fingerprint density at radius 1 is 1.09 bits per heavy atom. The average molecular weight is 324 g/mol. The molecule has 0 fully saturated rings. The summed E-state index contributed by atoms with van der Waals surface area (Å²) in [7, 11) is 0. The Labute approximate surface area is 135 Å². The van der Waals surface area contributed by atoms with Crippen molar-refractivity contribution in [3.8, 4) is 0 Å². The first-order chi connectivity index (χ1) is 11.4. The van der Waals surface area contributed by atoms with Gasteiger partial charge in [-0.25, -0.2) is 9.50 Å². The molecular weight excluding hydrogens is 312 g/mol. The number of hydrogen-bond acceptors (Lipinski definition) is 7. The lowest BCUT2D eigenvalue weighted by atomic mass is 10.1. The molecule has 1 aromatic carbocycles. The minimum Gasteiger partial charge on any atom is -0.338 e. The van der Waals surface area contributed by atoms with Crippen LogP contribution in [0.3, 0.4) is 0 Å². The van der Waals surface area contributed by atoms with Crippen LogP contribution in [-0.2, 0) is 12.2 Å². The molecule has 0 unspecified atom stereocenters. The van der Waals surface area contributed by atoms with Gasteiger partial charge in [0.1, 0.15) is 0 Å². The van der Waals surface area contributed by atoms with E-state index < -0.39 is 0 Å². The molecule has 0 N–H and O–H groups in total. The molecule has 0 aliphatic rings. The molecule has 8 heteroatoms. The van der Waals surface area contributed by atoms with Crippen molar-refractivity contribution in [2.24, 2.45) is 0 Å². The number of aromatic nitrogens is 6. The first kappa shape index (κ1) is 13.9. The van der Waals surface area contributed by atoms with E-state index in [1.807, 2.05) is 42.6 Å². The third-order valence-corrected chi connectivity index (χ3v) is 3.96. The standard InChI is InChI=1S/C15H12N6OS/c1-2-5-11(6-3-1)9-12-17-13(22-20-12)10-23-15-18-14-16-7-4-8-21(14)19-15/h1-8H,9-10H2. The quantitative estimate of drug-likeness (QED) is 0.521. The van der Waals surface area contributed by atoms with Crippen LogP contribution in [0.2, 0.25) is 0 Å². The molecule has 0 spiro atoms. The smallest absolute Gasteiger partial charge is 0.253 e. The van der Waals surface area contributed by atoms with E-state index in [9.17, 15) is 0 Å². The van der Waals surface area contributed by atoms with E-state index in [1.165, 1.54) is 11.8 Å². The highest BCUT2D eigenvalue weighted by Crippen LogP contribution is 2.19. The van der Waals surface area contributed by atoms with Gasteiger partial charge < -0.3 is 4.52 Å². The Bertz CT molecular complexity index is 887. The number of hydrogen-bond donors (Lipinski definition) is 0. The lowest BCUT2D eigenvalue weighted by molar-refractivity contribution is 0.385. The second-order valence-corrected chi connectivity index (χ2v) is 5.76. The molecule has 23 heavy (non-hydrogen) atoms. The minimum atomic E-state index is 0.526. The van der Waals surface area contributed by atoms with E-state index in [4.69, 9.17) is 4.52 Å². The van der Waals surface area contributed by atoms with Crippen LogP contribution in [-0.4, -0.2) is 29.7 Å². The highest BCUT2D eigenvalue weighted by Gasteiger charge is 2.10. The molecule has 0 atom stereocenters. The number of rotatable bonds is 5. The lowest BCUT2D eigenvalue weighted by Gasteiger charge is -1.94. The van der Waals surface area contributed by atoms with Gasteiger partial charge in [-0.15, -0.1) is 5.10 Å². The van der Waals surface area contributed by atoms with Crippen LogP contribution in [0.4, 0.5) is 0 Å². The topological polar surface area (TPSA) is 82.0 Å². The van der Waals surface area contributed by atoms with Gasteiger partial charge in [0, 0.05) is 18.8 Å². The fourth-order valence-corrected chi connectivity index (χ4v) is 2.76. The minimum absolute atomic E-state index is 0.526. The van der Waals surface area contributed by atoms with Gasteiger partial charge in [-0.1, -0.05) is 47.3 Å². The van der Waals surface area contributed by atoms with Gasteiger partial charge in [-0.2, -0.15) is 9.97 Å². The summed E-state index contributed by atoms with van der Waals surface area (Å²) in [4.78, 5) is 12.8. The Hall–Kier alpha value is -2.74. The van der Waals surface area contributed by atoms with Crippen LogP contribution in [0.5, 0.6) is 0 Å². The van der Waals surface area contributed by atoms with E-state index in [1.54, 1.807) is 10.7 Å². The Balaban J connectivity index is 1.41. The van der Waals surface area contributed by atoms with E-state index in [2.05, 4.69) is 25.2 Å². The second kappa shape index (κ2) is 6.17. The van der Waals surface area contributed by atoms with Gasteiger partial charge in [0.15, 0.2) is 5.82 Å². The fraction of sp³-hybridized carbons (Fsp3) is 0.133. The normalized spacial score (nSPS) is 11.1. The zero-order valence-electron chi connectivity index (χ0n) is 12.0. The Kier molecular flexibility index (Phi) is 3.73. The number of nitrogens with zero attached hydrogens (tertiary/aromatic N) is 6.